The third-order valence-electron chi connectivity index (χ3n) is 4.53. The van der Waals surface area contributed by atoms with Gasteiger partial charge in [-0.05, 0) is 31.7 Å². The standard InChI is InChI=1S/C16H33NO2S/c1-3-17-16(12-9-13-20(18,19)4-2)14-15-10-7-5-6-8-11-15/h15-17H,3-14H2,1-2H3. The van der Waals surface area contributed by atoms with Gasteiger partial charge in [0.1, 0.15) is 9.84 Å². The molecule has 1 aliphatic rings. The van der Waals surface area contributed by atoms with Crippen molar-refractivity contribution in [2.24, 2.45) is 5.92 Å². The lowest BCUT2D eigenvalue weighted by molar-refractivity contribution is 0.341. The van der Waals surface area contributed by atoms with Crippen LogP contribution in [-0.2, 0) is 9.84 Å². The van der Waals surface area contributed by atoms with Crippen molar-refractivity contribution in [2.75, 3.05) is 18.1 Å². The molecule has 4 heteroatoms. The molecule has 1 saturated carbocycles. The molecule has 3 nitrogen and oxygen atoms in total. The smallest absolute Gasteiger partial charge is 0.150 e. The number of hydrogen-bond donors (Lipinski definition) is 1. The third-order valence-corrected chi connectivity index (χ3v) is 6.32. The topological polar surface area (TPSA) is 46.2 Å². The summed E-state index contributed by atoms with van der Waals surface area (Å²) >= 11 is 0. The van der Waals surface area contributed by atoms with Crippen molar-refractivity contribution in [3.63, 3.8) is 0 Å². The molecule has 1 atom stereocenters. The third kappa shape index (κ3) is 7.63. The molecule has 0 aromatic heterocycles. The Morgan fingerprint density at radius 1 is 1.10 bits per heavy atom. The molecule has 0 aliphatic heterocycles. The van der Waals surface area contributed by atoms with E-state index in [1.54, 1.807) is 6.92 Å². The average Bonchev–Trinajstić information content (AvgIpc) is 2.67. The van der Waals surface area contributed by atoms with Gasteiger partial charge in [0.15, 0.2) is 0 Å². The summed E-state index contributed by atoms with van der Waals surface area (Å²) < 4.78 is 23.1. The Hall–Kier alpha value is -0.0900. The zero-order valence-corrected chi connectivity index (χ0v) is 14.2. The summed E-state index contributed by atoms with van der Waals surface area (Å²) in [6.07, 6.45) is 11.4. The zero-order chi connectivity index (χ0) is 14.8. The van der Waals surface area contributed by atoms with Gasteiger partial charge in [0, 0.05) is 11.8 Å². The Morgan fingerprint density at radius 2 is 1.75 bits per heavy atom. The molecule has 0 aromatic rings. The van der Waals surface area contributed by atoms with Crippen molar-refractivity contribution in [3.8, 4) is 0 Å². The van der Waals surface area contributed by atoms with Gasteiger partial charge in [-0.2, -0.15) is 0 Å². The largest absolute Gasteiger partial charge is 0.314 e. The quantitative estimate of drug-likeness (QED) is 0.663. The second-order valence-corrected chi connectivity index (χ2v) is 8.70. The van der Waals surface area contributed by atoms with Crippen LogP contribution in [0.1, 0.15) is 71.6 Å². The first-order chi connectivity index (χ1) is 9.57. The van der Waals surface area contributed by atoms with Crippen LogP contribution < -0.4 is 5.32 Å². The van der Waals surface area contributed by atoms with E-state index >= 15 is 0 Å². The molecule has 0 amide bonds. The number of nitrogens with one attached hydrogen (secondary N) is 1. The molecule has 0 bridgehead atoms. The van der Waals surface area contributed by atoms with Crippen LogP contribution in [0.3, 0.4) is 0 Å². The van der Waals surface area contributed by atoms with E-state index in [0.29, 0.717) is 11.8 Å². The molecule has 1 rings (SSSR count). The first-order valence-electron chi connectivity index (χ1n) is 8.51. The van der Waals surface area contributed by atoms with Crippen molar-refractivity contribution in [1.29, 1.82) is 0 Å². The van der Waals surface area contributed by atoms with E-state index in [0.717, 1.165) is 25.3 Å². The van der Waals surface area contributed by atoms with Crippen LogP contribution >= 0.6 is 0 Å². The Morgan fingerprint density at radius 3 is 2.30 bits per heavy atom. The Balaban J connectivity index is 2.35. The summed E-state index contributed by atoms with van der Waals surface area (Å²) in [5, 5.41) is 3.56. The predicted molar refractivity (Wildman–Crippen MR) is 86.8 cm³/mol. The summed E-state index contributed by atoms with van der Waals surface area (Å²) in [7, 11) is -2.80. The van der Waals surface area contributed by atoms with E-state index in [-0.39, 0.29) is 5.75 Å². The van der Waals surface area contributed by atoms with E-state index < -0.39 is 9.84 Å². The Labute approximate surface area is 125 Å². The van der Waals surface area contributed by atoms with Gasteiger partial charge in [-0.15, -0.1) is 0 Å². The van der Waals surface area contributed by atoms with E-state index in [1.165, 1.54) is 44.9 Å². The maximum Gasteiger partial charge on any atom is 0.150 e. The highest BCUT2D eigenvalue weighted by atomic mass is 32.2. The summed E-state index contributed by atoms with van der Waals surface area (Å²) in [5.74, 6) is 1.49. The molecule has 0 radical (unpaired) electrons. The molecule has 20 heavy (non-hydrogen) atoms. The van der Waals surface area contributed by atoms with Gasteiger partial charge in [-0.25, -0.2) is 8.42 Å². The van der Waals surface area contributed by atoms with Gasteiger partial charge in [0.25, 0.3) is 0 Å². The average molecular weight is 304 g/mol. The van der Waals surface area contributed by atoms with Crippen LogP contribution in [0, 0.1) is 5.92 Å². The second-order valence-electron chi connectivity index (χ2n) is 6.23. The van der Waals surface area contributed by atoms with E-state index in [1.807, 2.05) is 0 Å². The minimum absolute atomic E-state index is 0.279. The molecule has 0 saturated heterocycles. The highest BCUT2D eigenvalue weighted by Gasteiger charge is 2.18. The Bertz CT molecular complexity index is 332. The first-order valence-corrected chi connectivity index (χ1v) is 10.3. The van der Waals surface area contributed by atoms with Crippen LogP contribution in [0.5, 0.6) is 0 Å². The van der Waals surface area contributed by atoms with E-state index in [9.17, 15) is 8.42 Å². The lowest BCUT2D eigenvalue weighted by atomic mass is 9.91. The maximum absolute atomic E-state index is 11.6. The molecular formula is C16H33NO2S. The van der Waals surface area contributed by atoms with Crippen LogP contribution in [0.4, 0.5) is 0 Å². The van der Waals surface area contributed by atoms with Crippen molar-refractivity contribution < 1.29 is 8.42 Å². The van der Waals surface area contributed by atoms with E-state index in [2.05, 4.69) is 12.2 Å². The van der Waals surface area contributed by atoms with Crippen molar-refractivity contribution >= 4 is 9.84 Å². The predicted octanol–water partition coefficient (Wildman–Crippen LogP) is 3.54. The number of sulfone groups is 1. The van der Waals surface area contributed by atoms with Gasteiger partial charge in [0.2, 0.25) is 0 Å². The first kappa shape index (κ1) is 18.0. The maximum atomic E-state index is 11.6. The molecule has 1 unspecified atom stereocenters. The molecule has 120 valence electrons. The monoisotopic (exact) mass is 303 g/mol. The van der Waals surface area contributed by atoms with Gasteiger partial charge in [-0.3, -0.25) is 0 Å². The SMILES string of the molecule is CCNC(CCCS(=O)(=O)CC)CC1CCCCCC1. The Kier molecular flexibility index (Phi) is 8.78. The number of rotatable bonds is 9. The number of hydrogen-bond acceptors (Lipinski definition) is 3. The van der Waals surface area contributed by atoms with Gasteiger partial charge >= 0.3 is 0 Å². The van der Waals surface area contributed by atoms with Crippen molar-refractivity contribution in [1.82, 2.24) is 5.32 Å². The molecular weight excluding hydrogens is 270 g/mol. The van der Waals surface area contributed by atoms with Crippen LogP contribution in [0.25, 0.3) is 0 Å². The minimum atomic E-state index is -2.80. The lowest BCUT2D eigenvalue weighted by Gasteiger charge is -2.23. The van der Waals surface area contributed by atoms with Crippen LogP contribution in [-0.4, -0.2) is 32.5 Å². The lowest BCUT2D eigenvalue weighted by Crippen LogP contribution is -2.31. The molecule has 1 aliphatic carbocycles. The fraction of sp³-hybridized carbons (Fsp3) is 1.00. The minimum Gasteiger partial charge on any atom is -0.314 e. The summed E-state index contributed by atoms with van der Waals surface area (Å²) in [4.78, 5) is 0. The molecule has 1 N–H and O–H groups in total. The van der Waals surface area contributed by atoms with E-state index in [4.69, 9.17) is 0 Å². The second kappa shape index (κ2) is 9.78. The van der Waals surface area contributed by atoms with Crippen LogP contribution in [0.15, 0.2) is 0 Å². The molecule has 0 heterocycles. The van der Waals surface area contributed by atoms with Gasteiger partial charge in [0.05, 0.1) is 5.75 Å². The molecule has 0 spiro atoms. The molecule has 1 fully saturated rings. The highest BCUT2D eigenvalue weighted by molar-refractivity contribution is 7.91. The fourth-order valence-corrected chi connectivity index (χ4v) is 4.18. The van der Waals surface area contributed by atoms with Crippen molar-refractivity contribution in [2.45, 2.75) is 77.7 Å². The normalized spacial score (nSPS) is 19.7. The van der Waals surface area contributed by atoms with Gasteiger partial charge < -0.3 is 5.32 Å². The van der Waals surface area contributed by atoms with Gasteiger partial charge in [-0.1, -0.05) is 52.4 Å². The molecule has 0 aromatic carbocycles. The zero-order valence-electron chi connectivity index (χ0n) is 13.4. The van der Waals surface area contributed by atoms with Crippen LogP contribution in [0.2, 0.25) is 0 Å². The summed E-state index contributed by atoms with van der Waals surface area (Å²) in [6.45, 7) is 4.86. The van der Waals surface area contributed by atoms with Crippen molar-refractivity contribution in [3.05, 3.63) is 0 Å². The fourth-order valence-electron chi connectivity index (χ4n) is 3.29. The summed E-state index contributed by atoms with van der Waals surface area (Å²) in [6, 6.07) is 0.509. The summed E-state index contributed by atoms with van der Waals surface area (Å²) in [5.41, 5.74) is 0. The highest BCUT2D eigenvalue weighted by Crippen LogP contribution is 2.27.